The van der Waals surface area contributed by atoms with Gasteiger partial charge < -0.3 is 18.9 Å². The first-order chi connectivity index (χ1) is 48.7. The molecule has 10 aromatic heterocycles. The highest BCUT2D eigenvalue weighted by Crippen LogP contribution is 2.43. The zero-order valence-electron chi connectivity index (χ0n) is 53.5. The van der Waals surface area contributed by atoms with E-state index >= 15 is 0 Å². The van der Waals surface area contributed by atoms with Crippen LogP contribution in [0, 0.1) is 34.6 Å². The second-order valence-electron chi connectivity index (χ2n) is 21.3. The third kappa shape index (κ3) is 16.9. The number of amides is 4. The maximum absolute atomic E-state index is 13.1. The molecule has 3 aromatic carbocycles. The van der Waals surface area contributed by atoms with Crippen molar-refractivity contribution in [1.82, 2.24) is 100 Å². The van der Waals surface area contributed by atoms with Crippen LogP contribution in [0.4, 0.5) is 32.6 Å². The molecule has 101 heavy (non-hydrogen) atoms. The lowest BCUT2D eigenvalue weighted by atomic mass is 10.2. The van der Waals surface area contributed by atoms with Gasteiger partial charge in [0.05, 0.1) is 10.5 Å². The van der Waals surface area contributed by atoms with Gasteiger partial charge in [-0.3, -0.25) is 70.6 Å². The molecule has 504 valence electrons. The number of anilines is 4. The summed E-state index contributed by atoms with van der Waals surface area (Å²) in [6.07, 6.45) is 2.34. The molecule has 0 fully saturated rings. The number of pyridine rings is 4. The van der Waals surface area contributed by atoms with E-state index in [1.807, 2.05) is 55.5 Å². The largest absolute Gasteiger partial charge is 0.586 e. The van der Waals surface area contributed by atoms with E-state index in [2.05, 4.69) is 131 Å². The number of aryl methyl sites for hydroxylation is 5. The van der Waals surface area contributed by atoms with Crippen LogP contribution in [0.15, 0.2) is 158 Å². The maximum Gasteiger partial charge on any atom is 0.586 e. The number of nitrogens with zero attached hydrogens (tertiary/aromatic N) is 18. The van der Waals surface area contributed by atoms with Crippen LogP contribution in [-0.2, 0) is 0 Å². The van der Waals surface area contributed by atoms with Crippen molar-refractivity contribution in [3.05, 3.63) is 215 Å². The van der Waals surface area contributed by atoms with Gasteiger partial charge in [-0.15, -0.1) is 8.78 Å². The number of nitrogens with one attached hydrogen (secondary N) is 6. The summed E-state index contributed by atoms with van der Waals surface area (Å²) in [5.74, 6) is 2.39. The van der Waals surface area contributed by atoms with E-state index in [0.717, 1.165) is 22.7 Å². The van der Waals surface area contributed by atoms with Crippen LogP contribution in [0.25, 0.3) is 57.0 Å². The minimum atomic E-state index is -3.75. The fraction of sp³-hybridized carbons (Fsp3) is 0.121. The Morgan fingerprint density at radius 2 is 0.881 bits per heavy atom. The summed E-state index contributed by atoms with van der Waals surface area (Å²) in [6, 6.07) is 37.3. The summed E-state index contributed by atoms with van der Waals surface area (Å²) in [7, 11) is 0. The van der Waals surface area contributed by atoms with E-state index in [1.165, 1.54) is 18.2 Å². The van der Waals surface area contributed by atoms with Gasteiger partial charge in [0.25, 0.3) is 23.6 Å². The van der Waals surface area contributed by atoms with Gasteiger partial charge in [0.15, 0.2) is 57.7 Å². The highest BCUT2D eigenvalue weighted by molar-refractivity contribution is 6.33. The molecule has 12 heterocycles. The van der Waals surface area contributed by atoms with Crippen molar-refractivity contribution in [1.29, 1.82) is 0 Å². The van der Waals surface area contributed by atoms with Crippen molar-refractivity contribution in [3.8, 4) is 69.1 Å². The Morgan fingerprint density at radius 1 is 0.446 bits per heavy atom. The van der Waals surface area contributed by atoms with Crippen LogP contribution < -0.4 is 40.2 Å². The lowest BCUT2D eigenvalue weighted by Crippen LogP contribution is -2.25. The number of alkyl halides is 2. The third-order valence-corrected chi connectivity index (χ3v) is 13.9. The normalized spacial score (nSPS) is 12.7. The summed E-state index contributed by atoms with van der Waals surface area (Å²) in [4.78, 5) is 117. The average molecular weight is 1380 g/mol. The minimum Gasteiger partial charge on any atom is -0.451 e. The van der Waals surface area contributed by atoms with Crippen molar-refractivity contribution in [2.45, 2.75) is 54.1 Å². The minimum absolute atomic E-state index is 0.0103. The predicted molar refractivity (Wildman–Crippen MR) is 357 cm³/mol. The number of carbonyl (C=O) groups excluding carboxylic acids is 4. The predicted octanol–water partition coefficient (Wildman–Crippen LogP) is 9.98. The maximum atomic E-state index is 13.1. The lowest BCUT2D eigenvalue weighted by Gasteiger charge is -2.08. The van der Waals surface area contributed by atoms with Gasteiger partial charge in [0.2, 0.25) is 30.1 Å². The number of fused-ring (bicyclic) bond motifs is 3. The molecule has 2 aliphatic rings. The van der Waals surface area contributed by atoms with E-state index in [9.17, 15) is 28.0 Å². The first kappa shape index (κ1) is 67.2. The fourth-order valence-electron chi connectivity index (χ4n) is 9.29. The van der Waals surface area contributed by atoms with Crippen LogP contribution in [0.2, 0.25) is 5.02 Å². The number of carbonyl (C=O) groups is 4. The Bertz CT molecular complexity index is 5230. The molecule has 35 heteroatoms. The summed E-state index contributed by atoms with van der Waals surface area (Å²) in [5.41, 5.74) is 4.83. The Balaban J connectivity index is 0.000000128. The van der Waals surface area contributed by atoms with Crippen molar-refractivity contribution >= 4 is 69.9 Å². The van der Waals surface area contributed by atoms with Crippen LogP contribution in [0.1, 0.15) is 77.6 Å². The molecule has 0 bridgehead atoms. The molecule has 15 rings (SSSR count). The molecule has 6 N–H and O–H groups in total. The number of hydrogen-bond donors (Lipinski definition) is 6. The zero-order chi connectivity index (χ0) is 70.7. The molecule has 1 atom stereocenters. The van der Waals surface area contributed by atoms with Gasteiger partial charge in [-0.1, -0.05) is 54.1 Å². The molecule has 0 spiro atoms. The van der Waals surface area contributed by atoms with Crippen molar-refractivity contribution in [2.24, 2.45) is 0 Å². The molecule has 13 aromatic rings. The van der Waals surface area contributed by atoms with Crippen molar-refractivity contribution < 1.29 is 46.9 Å². The Kier molecular flexibility index (Phi) is 19.8. The monoisotopic (exact) mass is 1380 g/mol. The highest BCUT2D eigenvalue weighted by Gasteiger charge is 2.43. The van der Waals surface area contributed by atoms with Gasteiger partial charge in [-0.2, -0.15) is 50.1 Å². The molecule has 0 saturated heterocycles. The molecule has 4 amide bonds. The summed E-state index contributed by atoms with van der Waals surface area (Å²) in [5, 5.41) is 25.0. The summed E-state index contributed by atoms with van der Waals surface area (Å²) < 4.78 is 45.8. The van der Waals surface area contributed by atoms with Gasteiger partial charge in [0, 0.05) is 53.9 Å². The molecule has 2 aliphatic heterocycles. The molecular weight excluding hydrogens is 1330 g/mol. The van der Waals surface area contributed by atoms with Gasteiger partial charge in [-0.05, 0) is 126 Å². The van der Waals surface area contributed by atoms with Gasteiger partial charge in [-0.25, -0.2) is 19.9 Å². The van der Waals surface area contributed by atoms with Crippen LogP contribution >= 0.6 is 11.6 Å². The smallest absolute Gasteiger partial charge is 0.451 e. The number of H-pyrrole nitrogens is 2. The SMILES string of the molecule is Cc1nc(NC(=O)c2cc(C)[nH]n2)nc(-c2ccccn2)n1.Cc1nc(NC(=O)c2cc(Cl)c3c(c2)OC(C)O3)nc(-c2ccccn2)n1.Cc1nc(NC(=O)c2ccc3c(c2)OC(F)(F)O3)nc(-c2ccccn2)n1.Cc1nc(NC(=O)c2n[nH]c3ccccc23)nc(-c2ccccn2)n1. The van der Waals surface area contributed by atoms with E-state index in [0.29, 0.717) is 91.5 Å². The van der Waals surface area contributed by atoms with E-state index in [-0.39, 0.29) is 58.2 Å². The number of halogens is 3. The second-order valence-corrected chi connectivity index (χ2v) is 21.7. The number of aromatic nitrogens is 20. The molecule has 1 unspecified atom stereocenters. The number of rotatable bonds is 12. The number of para-hydroxylation sites is 1. The zero-order valence-corrected chi connectivity index (χ0v) is 54.3. The van der Waals surface area contributed by atoms with E-state index in [1.54, 1.807) is 120 Å². The second kappa shape index (κ2) is 29.7. The molecule has 0 saturated carbocycles. The van der Waals surface area contributed by atoms with Crippen molar-refractivity contribution in [2.75, 3.05) is 21.3 Å². The topological polar surface area (TPSA) is 417 Å². The third-order valence-electron chi connectivity index (χ3n) is 13.6. The van der Waals surface area contributed by atoms with E-state index in [4.69, 9.17) is 21.1 Å². The van der Waals surface area contributed by atoms with Crippen LogP contribution in [0.5, 0.6) is 23.0 Å². The number of ether oxygens (including phenoxy) is 4. The first-order valence-corrected chi connectivity index (χ1v) is 30.4. The summed E-state index contributed by atoms with van der Waals surface area (Å²) in [6.45, 7) is 10.4. The van der Waals surface area contributed by atoms with Crippen molar-refractivity contribution in [3.63, 3.8) is 0 Å². The standard InChI is InChI=1S/C18H14ClN5O3.C17H11F2N5O3.C17H13N7O.C14H13N7O/c1-9-21-16(13-5-3-4-6-20-13)23-18(22-9)24-17(25)11-7-12(19)15-14(8-11)26-10(2)27-15;1-9-21-14(11-4-2-3-7-20-11)23-16(22-9)24-15(25)10-5-6-12-13(8-10)27-17(18,19)26-12;1-10-19-15(13-8-4-5-9-18-13)21-17(20-10)22-16(25)14-11-6-2-3-7-12(11)23-24-14;1-8-7-11(21-20-8)13(22)19-14-17-9(2)16-12(18-14)10-5-3-4-6-15-10/h3-8,10H,1-2H3,(H,21,22,23,24,25);2-8H,1H3,(H,21,22,23,24,25);2-9H,1H3,(H,23,24)(H,19,20,21,22,25);3-7H,1-2H3,(H,20,21)(H,16,17,18,19,22). The quantitative estimate of drug-likeness (QED) is 0.0662. The Labute approximate surface area is 573 Å². The number of hydrogen-bond acceptors (Lipinski definition) is 26. The first-order valence-electron chi connectivity index (χ1n) is 30.0. The summed E-state index contributed by atoms with van der Waals surface area (Å²) >= 11 is 6.18. The van der Waals surface area contributed by atoms with Gasteiger partial charge in [0.1, 0.15) is 46.1 Å². The number of aromatic amines is 2. The number of benzene rings is 3. The molecule has 32 nitrogen and oxygen atoms in total. The van der Waals surface area contributed by atoms with E-state index < -0.39 is 30.3 Å². The van der Waals surface area contributed by atoms with Crippen LogP contribution in [-0.4, -0.2) is 136 Å². The Hall–Kier alpha value is -13.8. The highest BCUT2D eigenvalue weighted by atomic mass is 35.5. The van der Waals surface area contributed by atoms with Gasteiger partial charge >= 0.3 is 6.29 Å². The lowest BCUT2D eigenvalue weighted by molar-refractivity contribution is -0.286. The fourth-order valence-corrected chi connectivity index (χ4v) is 9.55. The Morgan fingerprint density at radius 3 is 1.35 bits per heavy atom. The molecule has 0 radical (unpaired) electrons. The molecular formula is C66H51ClF2N24O8. The average Bonchev–Trinajstić information content (AvgIpc) is 1.70. The van der Waals surface area contributed by atoms with Crippen LogP contribution in [0.3, 0.4) is 0 Å². The molecule has 0 aliphatic carbocycles.